The van der Waals surface area contributed by atoms with E-state index < -0.39 is 0 Å². The Morgan fingerprint density at radius 3 is 2.50 bits per heavy atom. The van der Waals surface area contributed by atoms with Gasteiger partial charge in [0.1, 0.15) is 6.29 Å². The maximum absolute atomic E-state index is 10.7. The van der Waals surface area contributed by atoms with E-state index in [1.807, 2.05) is 13.8 Å². The molecule has 0 aliphatic carbocycles. The molecule has 0 aliphatic rings. The number of hydrogen-bond donors (Lipinski definition) is 1. The van der Waals surface area contributed by atoms with Crippen molar-refractivity contribution in [2.24, 2.45) is 5.41 Å². The number of rotatable bonds is 6. The van der Waals surface area contributed by atoms with E-state index in [0.717, 1.165) is 12.8 Å². The molecule has 72 valence electrons. The molecule has 0 aliphatic heterocycles. The summed E-state index contributed by atoms with van der Waals surface area (Å²) in [6, 6.07) is 0.265. The van der Waals surface area contributed by atoms with Gasteiger partial charge in [-0.15, -0.1) is 0 Å². The highest BCUT2D eigenvalue weighted by molar-refractivity contribution is 5.59. The van der Waals surface area contributed by atoms with Gasteiger partial charge in [-0.05, 0) is 19.9 Å². The van der Waals surface area contributed by atoms with E-state index in [1.54, 1.807) is 0 Å². The lowest BCUT2D eigenvalue weighted by atomic mass is 9.87. The third kappa shape index (κ3) is 3.86. The second kappa shape index (κ2) is 5.31. The molecule has 0 saturated carbocycles. The third-order valence-electron chi connectivity index (χ3n) is 2.40. The molecule has 0 bridgehead atoms. The number of aldehydes is 1. The Morgan fingerprint density at radius 2 is 2.08 bits per heavy atom. The fourth-order valence-corrected chi connectivity index (χ4v) is 0.860. The van der Waals surface area contributed by atoms with Gasteiger partial charge in [-0.1, -0.05) is 27.2 Å². The van der Waals surface area contributed by atoms with Gasteiger partial charge < -0.3 is 10.1 Å². The van der Waals surface area contributed by atoms with Crippen molar-refractivity contribution in [1.29, 1.82) is 0 Å². The Balaban J connectivity index is 3.70. The first kappa shape index (κ1) is 11.6. The third-order valence-corrected chi connectivity index (χ3v) is 2.40. The molecule has 0 aromatic rings. The maximum Gasteiger partial charge on any atom is 0.127 e. The number of carbonyl (C=O) groups excluding carboxylic acids is 1. The first-order valence-electron chi connectivity index (χ1n) is 4.74. The molecule has 0 fully saturated rings. The van der Waals surface area contributed by atoms with Crippen molar-refractivity contribution >= 4 is 6.29 Å². The quantitative estimate of drug-likeness (QED) is 0.489. The average Bonchev–Trinajstić information content (AvgIpc) is 2.05. The Morgan fingerprint density at radius 1 is 1.50 bits per heavy atom. The molecule has 2 nitrogen and oxygen atoms in total. The van der Waals surface area contributed by atoms with Crippen LogP contribution >= 0.6 is 0 Å². The van der Waals surface area contributed by atoms with Crippen molar-refractivity contribution in [2.75, 3.05) is 6.54 Å². The molecule has 2 heteroatoms. The van der Waals surface area contributed by atoms with Crippen LogP contribution in [0.3, 0.4) is 0 Å². The van der Waals surface area contributed by atoms with Crippen LogP contribution in [0.2, 0.25) is 0 Å². The average molecular weight is 171 g/mol. The molecule has 12 heavy (non-hydrogen) atoms. The smallest absolute Gasteiger partial charge is 0.127 e. The van der Waals surface area contributed by atoms with Crippen LogP contribution in [0.15, 0.2) is 0 Å². The number of hydrogen-bond acceptors (Lipinski definition) is 2. The van der Waals surface area contributed by atoms with E-state index in [9.17, 15) is 4.79 Å². The van der Waals surface area contributed by atoms with Crippen LogP contribution in [0.5, 0.6) is 0 Å². The van der Waals surface area contributed by atoms with Gasteiger partial charge in [-0.25, -0.2) is 0 Å². The molecule has 1 unspecified atom stereocenters. The zero-order valence-corrected chi connectivity index (χ0v) is 8.68. The summed E-state index contributed by atoms with van der Waals surface area (Å²) in [6.45, 7) is 9.16. The van der Waals surface area contributed by atoms with Gasteiger partial charge in [0, 0.05) is 11.5 Å². The molecule has 0 radical (unpaired) electrons. The summed E-state index contributed by atoms with van der Waals surface area (Å²) in [5, 5.41) is 3.34. The van der Waals surface area contributed by atoms with Crippen LogP contribution in [-0.2, 0) is 4.79 Å². The molecule has 0 spiro atoms. The Hall–Kier alpha value is -0.370. The van der Waals surface area contributed by atoms with E-state index in [-0.39, 0.29) is 11.5 Å². The Bertz CT molecular complexity index is 132. The van der Waals surface area contributed by atoms with Gasteiger partial charge in [-0.2, -0.15) is 0 Å². The summed E-state index contributed by atoms with van der Waals surface area (Å²) >= 11 is 0. The van der Waals surface area contributed by atoms with Gasteiger partial charge in [0.25, 0.3) is 0 Å². The van der Waals surface area contributed by atoms with E-state index >= 15 is 0 Å². The SMILES string of the molecule is CCCCNC(C)C(C)(C)C=O. The van der Waals surface area contributed by atoms with Gasteiger partial charge in [0.2, 0.25) is 0 Å². The molecular weight excluding hydrogens is 150 g/mol. The largest absolute Gasteiger partial charge is 0.313 e. The zero-order chi connectivity index (χ0) is 9.61. The van der Waals surface area contributed by atoms with E-state index in [4.69, 9.17) is 0 Å². The van der Waals surface area contributed by atoms with E-state index in [0.29, 0.717) is 0 Å². The predicted molar refractivity (Wildman–Crippen MR) is 52.2 cm³/mol. The van der Waals surface area contributed by atoms with Gasteiger partial charge in [0.15, 0.2) is 0 Å². The van der Waals surface area contributed by atoms with Gasteiger partial charge in [-0.3, -0.25) is 0 Å². The molecule has 0 amide bonds. The predicted octanol–water partition coefficient (Wildman–Crippen LogP) is 1.99. The standard InChI is InChI=1S/C10H21NO/c1-5-6-7-11-9(2)10(3,4)8-12/h8-9,11H,5-7H2,1-4H3. The highest BCUT2D eigenvalue weighted by atomic mass is 16.1. The molecule has 0 aromatic carbocycles. The molecule has 0 saturated heterocycles. The summed E-state index contributed by atoms with van der Waals surface area (Å²) in [7, 11) is 0. The summed E-state index contributed by atoms with van der Waals surface area (Å²) < 4.78 is 0. The lowest BCUT2D eigenvalue weighted by Crippen LogP contribution is -2.40. The zero-order valence-electron chi connectivity index (χ0n) is 8.68. The van der Waals surface area contributed by atoms with Crippen molar-refractivity contribution in [3.63, 3.8) is 0 Å². The maximum atomic E-state index is 10.7. The van der Waals surface area contributed by atoms with Crippen LogP contribution in [0.1, 0.15) is 40.5 Å². The molecule has 0 aromatic heterocycles. The van der Waals surface area contributed by atoms with Crippen LogP contribution in [0.4, 0.5) is 0 Å². The summed E-state index contributed by atoms with van der Waals surface area (Å²) in [5.41, 5.74) is -0.242. The Kier molecular flexibility index (Phi) is 5.14. The van der Waals surface area contributed by atoms with Crippen molar-refractivity contribution in [2.45, 2.75) is 46.6 Å². The second-order valence-corrected chi connectivity index (χ2v) is 3.97. The van der Waals surface area contributed by atoms with Gasteiger partial charge in [0.05, 0.1) is 0 Å². The Labute approximate surface area is 75.7 Å². The van der Waals surface area contributed by atoms with Gasteiger partial charge >= 0.3 is 0 Å². The molecule has 1 atom stereocenters. The number of carbonyl (C=O) groups is 1. The normalized spacial score (nSPS) is 14.3. The molecule has 0 rings (SSSR count). The van der Waals surface area contributed by atoms with Crippen LogP contribution in [0.25, 0.3) is 0 Å². The van der Waals surface area contributed by atoms with Crippen molar-refractivity contribution in [1.82, 2.24) is 5.32 Å². The first-order chi connectivity index (χ1) is 5.54. The monoisotopic (exact) mass is 171 g/mol. The lowest BCUT2D eigenvalue weighted by Gasteiger charge is -2.26. The minimum Gasteiger partial charge on any atom is -0.313 e. The molecular formula is C10H21NO. The first-order valence-corrected chi connectivity index (χ1v) is 4.74. The van der Waals surface area contributed by atoms with Crippen LogP contribution in [-0.4, -0.2) is 18.9 Å². The number of nitrogens with one attached hydrogen (secondary N) is 1. The fourth-order valence-electron chi connectivity index (χ4n) is 0.860. The minimum absolute atomic E-state index is 0.242. The molecule has 0 heterocycles. The summed E-state index contributed by atoms with van der Waals surface area (Å²) in [4.78, 5) is 10.7. The van der Waals surface area contributed by atoms with Crippen molar-refractivity contribution in [3.05, 3.63) is 0 Å². The lowest BCUT2D eigenvalue weighted by molar-refractivity contribution is -0.115. The van der Waals surface area contributed by atoms with E-state index in [1.165, 1.54) is 12.8 Å². The topological polar surface area (TPSA) is 29.1 Å². The second-order valence-electron chi connectivity index (χ2n) is 3.97. The van der Waals surface area contributed by atoms with Crippen molar-refractivity contribution < 1.29 is 4.79 Å². The van der Waals surface area contributed by atoms with Crippen LogP contribution in [0, 0.1) is 5.41 Å². The molecule has 1 N–H and O–H groups in total. The number of unbranched alkanes of at least 4 members (excludes halogenated alkanes) is 1. The highest BCUT2D eigenvalue weighted by Crippen LogP contribution is 2.16. The van der Waals surface area contributed by atoms with Crippen molar-refractivity contribution in [3.8, 4) is 0 Å². The summed E-state index contributed by atoms with van der Waals surface area (Å²) in [5.74, 6) is 0. The van der Waals surface area contributed by atoms with E-state index in [2.05, 4.69) is 19.2 Å². The highest BCUT2D eigenvalue weighted by Gasteiger charge is 2.23. The minimum atomic E-state index is -0.242. The summed E-state index contributed by atoms with van der Waals surface area (Å²) in [6.07, 6.45) is 3.40. The fraction of sp³-hybridized carbons (Fsp3) is 0.900. The van der Waals surface area contributed by atoms with Crippen LogP contribution < -0.4 is 5.32 Å².